The van der Waals surface area contributed by atoms with E-state index in [4.69, 9.17) is 4.42 Å². The van der Waals surface area contributed by atoms with Crippen LogP contribution in [-0.4, -0.2) is 6.54 Å². The van der Waals surface area contributed by atoms with Crippen molar-refractivity contribution in [2.24, 2.45) is 0 Å². The fourth-order valence-electron chi connectivity index (χ4n) is 2.08. The molecule has 0 radical (unpaired) electrons. The van der Waals surface area contributed by atoms with E-state index in [0.29, 0.717) is 11.3 Å². The van der Waals surface area contributed by atoms with Crippen molar-refractivity contribution >= 4 is 0 Å². The van der Waals surface area contributed by atoms with E-state index < -0.39 is 11.6 Å². The number of hydrogen-bond acceptors (Lipinski definition) is 2. The van der Waals surface area contributed by atoms with Crippen LogP contribution in [0.5, 0.6) is 0 Å². The van der Waals surface area contributed by atoms with Crippen molar-refractivity contribution in [3.8, 4) is 11.3 Å². The van der Waals surface area contributed by atoms with E-state index in [1.54, 1.807) is 6.07 Å². The highest BCUT2D eigenvalue weighted by Gasteiger charge is 2.14. The molecule has 0 aliphatic carbocycles. The largest absolute Gasteiger partial charge is 0.459 e. The molecule has 2 rings (SSSR count). The minimum Gasteiger partial charge on any atom is -0.459 e. The summed E-state index contributed by atoms with van der Waals surface area (Å²) < 4.78 is 32.0. The van der Waals surface area contributed by atoms with Gasteiger partial charge in [-0.2, -0.15) is 0 Å². The van der Waals surface area contributed by atoms with Crippen LogP contribution >= 0.6 is 0 Å². The summed E-state index contributed by atoms with van der Waals surface area (Å²) in [6.07, 6.45) is 0.887. The summed E-state index contributed by atoms with van der Waals surface area (Å²) in [7, 11) is 0. The van der Waals surface area contributed by atoms with Crippen LogP contribution in [0, 0.1) is 11.6 Å². The molecule has 1 heterocycles. The van der Waals surface area contributed by atoms with Gasteiger partial charge in [-0.05, 0) is 37.2 Å². The molecular weight excluding hydrogens is 248 g/mol. The molecule has 4 heteroatoms. The lowest BCUT2D eigenvalue weighted by Crippen LogP contribution is -2.19. The third-order valence-corrected chi connectivity index (χ3v) is 2.98. The quantitative estimate of drug-likeness (QED) is 0.872. The third-order valence-electron chi connectivity index (χ3n) is 2.98. The maximum atomic E-state index is 13.2. The second kappa shape index (κ2) is 5.97. The Bertz CT molecular complexity index is 531. The predicted octanol–water partition coefficient (Wildman–Crippen LogP) is 4.29. The van der Waals surface area contributed by atoms with Gasteiger partial charge in [-0.3, -0.25) is 0 Å². The average Bonchev–Trinajstić information content (AvgIpc) is 2.84. The molecular formula is C15H17F2NO. The summed E-state index contributed by atoms with van der Waals surface area (Å²) >= 11 is 0. The van der Waals surface area contributed by atoms with Crippen LogP contribution in [0.25, 0.3) is 11.3 Å². The summed E-state index contributed by atoms with van der Waals surface area (Å²) in [5.74, 6) is 0.0483. The van der Waals surface area contributed by atoms with Crippen molar-refractivity contribution in [2.75, 3.05) is 6.54 Å². The molecule has 0 aliphatic heterocycles. The van der Waals surface area contributed by atoms with Crippen LogP contribution in [0.1, 0.15) is 32.1 Å². The Kier molecular flexibility index (Phi) is 4.32. The van der Waals surface area contributed by atoms with Crippen molar-refractivity contribution < 1.29 is 13.2 Å². The Morgan fingerprint density at radius 3 is 2.37 bits per heavy atom. The highest BCUT2D eigenvalue weighted by molar-refractivity contribution is 5.57. The average molecular weight is 265 g/mol. The number of benzene rings is 1. The summed E-state index contributed by atoms with van der Waals surface area (Å²) in [4.78, 5) is 0. The van der Waals surface area contributed by atoms with Crippen molar-refractivity contribution in [3.05, 3.63) is 47.7 Å². The summed E-state index contributed by atoms with van der Waals surface area (Å²) in [5, 5.41) is 3.29. The summed E-state index contributed by atoms with van der Waals surface area (Å²) in [6.45, 7) is 4.91. The van der Waals surface area contributed by atoms with E-state index in [2.05, 4.69) is 12.2 Å². The van der Waals surface area contributed by atoms with Crippen molar-refractivity contribution in [1.29, 1.82) is 0 Å². The first-order valence-electron chi connectivity index (χ1n) is 6.43. The third kappa shape index (κ3) is 3.20. The molecule has 1 aromatic heterocycles. The molecule has 1 N–H and O–H groups in total. The second-order valence-corrected chi connectivity index (χ2v) is 4.38. The van der Waals surface area contributed by atoms with E-state index in [-0.39, 0.29) is 6.04 Å². The first-order chi connectivity index (χ1) is 9.13. The molecule has 1 aromatic carbocycles. The van der Waals surface area contributed by atoms with E-state index in [1.807, 2.05) is 13.0 Å². The summed E-state index contributed by atoms with van der Waals surface area (Å²) in [5.41, 5.74) is 0.412. The number of rotatable bonds is 5. The van der Waals surface area contributed by atoms with Gasteiger partial charge in [-0.1, -0.05) is 13.8 Å². The molecule has 0 bridgehead atoms. The topological polar surface area (TPSA) is 25.2 Å². The second-order valence-electron chi connectivity index (χ2n) is 4.38. The molecule has 0 fully saturated rings. The van der Waals surface area contributed by atoms with Crippen LogP contribution in [0.4, 0.5) is 8.78 Å². The van der Waals surface area contributed by atoms with E-state index >= 15 is 0 Å². The highest BCUT2D eigenvalue weighted by atomic mass is 19.1. The molecule has 1 atom stereocenters. The zero-order valence-electron chi connectivity index (χ0n) is 11.0. The van der Waals surface area contributed by atoms with Gasteiger partial charge in [0.25, 0.3) is 0 Å². The molecule has 0 saturated heterocycles. The molecule has 0 spiro atoms. The van der Waals surface area contributed by atoms with Crippen molar-refractivity contribution in [1.82, 2.24) is 5.32 Å². The van der Waals surface area contributed by atoms with Gasteiger partial charge in [0.15, 0.2) is 0 Å². The lowest BCUT2D eigenvalue weighted by molar-refractivity contribution is 0.417. The van der Waals surface area contributed by atoms with Gasteiger partial charge >= 0.3 is 0 Å². The normalized spacial score (nSPS) is 12.6. The number of furan rings is 1. The highest BCUT2D eigenvalue weighted by Crippen LogP contribution is 2.27. The fourth-order valence-corrected chi connectivity index (χ4v) is 2.08. The lowest BCUT2D eigenvalue weighted by Gasteiger charge is -2.12. The summed E-state index contributed by atoms with van der Waals surface area (Å²) in [6, 6.07) is 7.08. The fraction of sp³-hybridized carbons (Fsp3) is 0.333. The molecule has 2 aromatic rings. The number of nitrogens with one attached hydrogen (secondary N) is 1. The Hall–Kier alpha value is -1.68. The zero-order chi connectivity index (χ0) is 13.8. The smallest absolute Gasteiger partial charge is 0.134 e. The Morgan fingerprint density at radius 2 is 1.79 bits per heavy atom. The van der Waals surface area contributed by atoms with Gasteiger partial charge in [-0.15, -0.1) is 0 Å². The maximum Gasteiger partial charge on any atom is 0.134 e. The van der Waals surface area contributed by atoms with Gasteiger partial charge in [0.05, 0.1) is 6.04 Å². The first kappa shape index (κ1) is 13.7. The molecule has 2 nitrogen and oxygen atoms in total. The minimum absolute atomic E-state index is 0.122. The predicted molar refractivity (Wildman–Crippen MR) is 70.8 cm³/mol. The van der Waals surface area contributed by atoms with E-state index in [0.717, 1.165) is 24.8 Å². The van der Waals surface area contributed by atoms with E-state index in [1.165, 1.54) is 12.1 Å². The van der Waals surface area contributed by atoms with E-state index in [9.17, 15) is 8.78 Å². The first-order valence-corrected chi connectivity index (χ1v) is 6.43. The van der Waals surface area contributed by atoms with Crippen LogP contribution in [-0.2, 0) is 0 Å². The van der Waals surface area contributed by atoms with Gasteiger partial charge < -0.3 is 9.73 Å². The number of hydrogen-bond donors (Lipinski definition) is 1. The van der Waals surface area contributed by atoms with Crippen LogP contribution < -0.4 is 5.32 Å². The zero-order valence-corrected chi connectivity index (χ0v) is 11.0. The Morgan fingerprint density at radius 1 is 1.11 bits per heavy atom. The van der Waals surface area contributed by atoms with Crippen LogP contribution in [0.15, 0.2) is 34.7 Å². The molecule has 0 aliphatic rings. The molecule has 102 valence electrons. The Balaban J connectivity index is 2.29. The standard InChI is InChI=1S/C15H17F2NO/c1-3-13(18-4-2)15-6-5-14(19-15)10-7-11(16)9-12(17)8-10/h5-9,13,18H,3-4H2,1-2H3. The van der Waals surface area contributed by atoms with Gasteiger partial charge in [0, 0.05) is 11.6 Å². The van der Waals surface area contributed by atoms with Gasteiger partial charge in [0.2, 0.25) is 0 Å². The van der Waals surface area contributed by atoms with Crippen molar-refractivity contribution in [3.63, 3.8) is 0 Å². The van der Waals surface area contributed by atoms with Crippen molar-refractivity contribution in [2.45, 2.75) is 26.3 Å². The molecule has 0 saturated carbocycles. The van der Waals surface area contributed by atoms with Gasteiger partial charge in [-0.25, -0.2) is 8.78 Å². The van der Waals surface area contributed by atoms with Crippen LogP contribution in [0.3, 0.4) is 0 Å². The number of halogens is 2. The molecule has 1 unspecified atom stereocenters. The van der Waals surface area contributed by atoms with Crippen LogP contribution in [0.2, 0.25) is 0 Å². The SMILES string of the molecule is CCNC(CC)c1ccc(-c2cc(F)cc(F)c2)o1. The van der Waals surface area contributed by atoms with Gasteiger partial charge in [0.1, 0.15) is 23.2 Å². The maximum absolute atomic E-state index is 13.2. The lowest BCUT2D eigenvalue weighted by atomic mass is 10.1. The molecule has 19 heavy (non-hydrogen) atoms. The minimum atomic E-state index is -0.605. The molecule has 0 amide bonds. The Labute approximate surface area is 111 Å². The monoisotopic (exact) mass is 265 g/mol.